The van der Waals surface area contributed by atoms with E-state index in [1.807, 2.05) is 47.3 Å². The third kappa shape index (κ3) is 4.62. The second-order valence-corrected chi connectivity index (χ2v) is 6.49. The Morgan fingerprint density at radius 1 is 1.08 bits per heavy atom. The van der Waals surface area contributed by atoms with Crippen molar-refractivity contribution >= 4 is 11.9 Å². The lowest BCUT2D eigenvalue weighted by atomic mass is 10.1. The van der Waals surface area contributed by atoms with Gasteiger partial charge >= 0.3 is 6.03 Å². The first-order chi connectivity index (χ1) is 12.6. The number of carbonyl (C=O) groups excluding carboxylic acids is 2. The number of amides is 3. The molecule has 1 unspecified atom stereocenters. The van der Waals surface area contributed by atoms with E-state index >= 15 is 0 Å². The number of rotatable bonds is 4. The van der Waals surface area contributed by atoms with Crippen molar-refractivity contribution in [2.45, 2.75) is 25.9 Å². The Hall–Kier alpha value is -2.83. The van der Waals surface area contributed by atoms with Gasteiger partial charge < -0.3 is 15.1 Å². The number of hydrogen-bond donors (Lipinski definition) is 1. The van der Waals surface area contributed by atoms with Gasteiger partial charge in [0.15, 0.2) is 0 Å². The quantitative estimate of drug-likeness (QED) is 0.910. The molecular formula is C19H25N5O2. The van der Waals surface area contributed by atoms with Gasteiger partial charge in [-0.3, -0.25) is 9.48 Å². The number of nitrogens with zero attached hydrogens (tertiary/aromatic N) is 4. The second-order valence-electron chi connectivity index (χ2n) is 6.49. The van der Waals surface area contributed by atoms with E-state index in [1.54, 1.807) is 22.9 Å². The zero-order valence-electron chi connectivity index (χ0n) is 15.0. The summed E-state index contributed by atoms with van der Waals surface area (Å²) in [6.45, 7) is 4.63. The van der Waals surface area contributed by atoms with Crippen LogP contribution in [-0.2, 0) is 11.3 Å². The Morgan fingerprint density at radius 2 is 1.81 bits per heavy atom. The van der Waals surface area contributed by atoms with Crippen LogP contribution in [0.4, 0.5) is 4.79 Å². The number of urea groups is 1. The van der Waals surface area contributed by atoms with Crippen molar-refractivity contribution in [3.63, 3.8) is 0 Å². The summed E-state index contributed by atoms with van der Waals surface area (Å²) in [4.78, 5) is 28.0. The molecule has 1 aromatic heterocycles. The Morgan fingerprint density at radius 3 is 2.50 bits per heavy atom. The molecular weight excluding hydrogens is 330 g/mol. The minimum absolute atomic E-state index is 0.0631. The van der Waals surface area contributed by atoms with Crippen LogP contribution in [0.2, 0.25) is 0 Å². The van der Waals surface area contributed by atoms with Crippen LogP contribution >= 0.6 is 0 Å². The van der Waals surface area contributed by atoms with Crippen molar-refractivity contribution in [3.8, 4) is 0 Å². The van der Waals surface area contributed by atoms with E-state index in [-0.39, 0.29) is 18.0 Å². The average molecular weight is 355 g/mol. The smallest absolute Gasteiger partial charge is 0.318 e. The first-order valence-corrected chi connectivity index (χ1v) is 8.97. The average Bonchev–Trinajstić information content (AvgIpc) is 3.02. The van der Waals surface area contributed by atoms with Crippen LogP contribution in [0.5, 0.6) is 0 Å². The van der Waals surface area contributed by atoms with Gasteiger partial charge in [-0.2, -0.15) is 5.10 Å². The molecule has 138 valence electrons. The zero-order chi connectivity index (χ0) is 18.4. The summed E-state index contributed by atoms with van der Waals surface area (Å²) >= 11 is 0. The van der Waals surface area contributed by atoms with Gasteiger partial charge in [-0.05, 0) is 18.1 Å². The summed E-state index contributed by atoms with van der Waals surface area (Å²) in [5, 5.41) is 7.39. The fraction of sp³-hybridized carbons (Fsp3) is 0.421. The molecule has 1 atom stereocenters. The van der Waals surface area contributed by atoms with Crippen LogP contribution in [0.25, 0.3) is 0 Å². The van der Waals surface area contributed by atoms with Gasteiger partial charge in [-0.15, -0.1) is 0 Å². The highest BCUT2D eigenvalue weighted by Crippen LogP contribution is 2.16. The van der Waals surface area contributed by atoms with Gasteiger partial charge in [-0.25, -0.2) is 4.79 Å². The van der Waals surface area contributed by atoms with Crippen molar-refractivity contribution < 1.29 is 9.59 Å². The van der Waals surface area contributed by atoms with Crippen molar-refractivity contribution in [1.82, 2.24) is 24.9 Å². The van der Waals surface area contributed by atoms with E-state index in [4.69, 9.17) is 0 Å². The fourth-order valence-electron chi connectivity index (χ4n) is 3.19. The number of carbonyl (C=O) groups is 2. The van der Waals surface area contributed by atoms with E-state index in [0.29, 0.717) is 32.7 Å². The van der Waals surface area contributed by atoms with E-state index in [0.717, 1.165) is 12.0 Å². The molecule has 3 amide bonds. The molecule has 26 heavy (non-hydrogen) atoms. The lowest BCUT2D eigenvalue weighted by molar-refractivity contribution is -0.128. The maximum Gasteiger partial charge on any atom is 0.318 e. The summed E-state index contributed by atoms with van der Waals surface area (Å²) in [6.07, 6.45) is 4.41. The Balaban J connectivity index is 1.68. The van der Waals surface area contributed by atoms with Crippen LogP contribution in [0, 0.1) is 0 Å². The number of benzene rings is 1. The SMILES string of the molecule is CC(=O)N1CCCN(C(=O)NC(Cn2cccn2)c2ccccc2)CC1. The molecule has 7 heteroatoms. The van der Waals surface area contributed by atoms with Gasteiger partial charge in [0.1, 0.15) is 0 Å². The van der Waals surface area contributed by atoms with Gasteiger partial charge in [0.25, 0.3) is 0 Å². The topological polar surface area (TPSA) is 70.5 Å². The minimum Gasteiger partial charge on any atom is -0.341 e. The number of nitrogens with one attached hydrogen (secondary N) is 1. The summed E-state index contributed by atoms with van der Waals surface area (Å²) in [6, 6.07) is 11.5. The molecule has 1 fully saturated rings. The largest absolute Gasteiger partial charge is 0.341 e. The van der Waals surface area contributed by atoms with Gasteiger partial charge in [-0.1, -0.05) is 30.3 Å². The summed E-state index contributed by atoms with van der Waals surface area (Å²) < 4.78 is 1.82. The summed E-state index contributed by atoms with van der Waals surface area (Å²) in [5.41, 5.74) is 1.04. The predicted octanol–water partition coefficient (Wildman–Crippen LogP) is 1.89. The molecule has 0 radical (unpaired) electrons. The van der Waals surface area contributed by atoms with Crippen molar-refractivity contribution in [2.75, 3.05) is 26.2 Å². The summed E-state index contributed by atoms with van der Waals surface area (Å²) in [7, 11) is 0. The molecule has 1 saturated heterocycles. The first kappa shape index (κ1) is 18.0. The third-order valence-electron chi connectivity index (χ3n) is 4.66. The lowest BCUT2D eigenvalue weighted by Gasteiger charge is -2.26. The monoisotopic (exact) mass is 355 g/mol. The van der Waals surface area contributed by atoms with Crippen LogP contribution in [0.15, 0.2) is 48.8 Å². The van der Waals surface area contributed by atoms with Crippen molar-refractivity contribution in [2.24, 2.45) is 0 Å². The molecule has 0 aliphatic carbocycles. The fourth-order valence-corrected chi connectivity index (χ4v) is 3.19. The Kier molecular flexibility index (Phi) is 5.88. The number of hydrogen-bond acceptors (Lipinski definition) is 3. The van der Waals surface area contributed by atoms with E-state index in [2.05, 4.69) is 10.4 Å². The maximum absolute atomic E-state index is 12.8. The molecule has 2 aromatic rings. The van der Waals surface area contributed by atoms with E-state index < -0.39 is 0 Å². The first-order valence-electron chi connectivity index (χ1n) is 8.97. The van der Waals surface area contributed by atoms with Crippen LogP contribution in [-0.4, -0.2) is 57.7 Å². The lowest BCUT2D eigenvalue weighted by Crippen LogP contribution is -2.44. The van der Waals surface area contributed by atoms with Gasteiger partial charge in [0.05, 0.1) is 12.6 Å². The van der Waals surface area contributed by atoms with Crippen LogP contribution in [0.3, 0.4) is 0 Å². The van der Waals surface area contributed by atoms with Crippen LogP contribution < -0.4 is 5.32 Å². The highest BCUT2D eigenvalue weighted by atomic mass is 16.2. The Labute approximate surface area is 153 Å². The molecule has 3 rings (SSSR count). The minimum atomic E-state index is -0.171. The predicted molar refractivity (Wildman–Crippen MR) is 98.4 cm³/mol. The second kappa shape index (κ2) is 8.51. The zero-order valence-corrected chi connectivity index (χ0v) is 15.0. The molecule has 0 saturated carbocycles. The molecule has 1 aliphatic rings. The van der Waals surface area contributed by atoms with E-state index in [1.165, 1.54) is 0 Å². The highest BCUT2D eigenvalue weighted by molar-refractivity contribution is 5.75. The molecule has 1 aromatic carbocycles. The van der Waals surface area contributed by atoms with E-state index in [9.17, 15) is 9.59 Å². The summed E-state index contributed by atoms with van der Waals surface area (Å²) in [5.74, 6) is 0.0631. The molecule has 0 bridgehead atoms. The van der Waals surface area contributed by atoms with Crippen molar-refractivity contribution in [1.29, 1.82) is 0 Å². The molecule has 2 heterocycles. The Bertz CT molecular complexity index is 717. The third-order valence-corrected chi connectivity index (χ3v) is 4.66. The standard InChI is InChI=1S/C19H25N5O2/c1-16(25)22-10-6-11-23(14-13-22)19(26)21-18(15-24-12-5-9-20-24)17-7-3-2-4-8-17/h2-5,7-9,12,18H,6,10-11,13-15H2,1H3,(H,21,26). The molecule has 7 nitrogen and oxygen atoms in total. The number of aromatic nitrogens is 2. The van der Waals surface area contributed by atoms with Gasteiger partial charge in [0, 0.05) is 45.5 Å². The molecule has 0 spiro atoms. The van der Waals surface area contributed by atoms with Gasteiger partial charge in [0.2, 0.25) is 5.91 Å². The highest BCUT2D eigenvalue weighted by Gasteiger charge is 2.23. The normalized spacial score (nSPS) is 16.0. The maximum atomic E-state index is 12.8. The molecule has 1 N–H and O–H groups in total. The molecule has 1 aliphatic heterocycles. The van der Waals surface area contributed by atoms with Crippen molar-refractivity contribution in [3.05, 3.63) is 54.4 Å². The van der Waals surface area contributed by atoms with Crippen LogP contribution in [0.1, 0.15) is 24.9 Å².